The zero-order valence-electron chi connectivity index (χ0n) is 14.4. The second-order valence-corrected chi connectivity index (χ2v) is 6.17. The molecule has 0 aliphatic rings. The van der Waals surface area contributed by atoms with E-state index in [2.05, 4.69) is 0 Å². The van der Waals surface area contributed by atoms with E-state index in [1.165, 1.54) is 12.1 Å². The molecule has 1 heterocycles. The van der Waals surface area contributed by atoms with Crippen molar-refractivity contribution in [1.82, 2.24) is 0 Å². The molecule has 0 spiro atoms. The maximum Gasteiger partial charge on any atom is 0.235 e. The lowest BCUT2D eigenvalue weighted by atomic mass is 10.1. The Morgan fingerprint density at radius 3 is 2.44 bits per heavy atom. The van der Waals surface area contributed by atoms with Crippen molar-refractivity contribution in [2.45, 2.75) is 6.61 Å². The van der Waals surface area contributed by atoms with Crippen LogP contribution in [-0.4, -0.2) is 5.11 Å². The Morgan fingerprint density at radius 2 is 1.70 bits per heavy atom. The van der Waals surface area contributed by atoms with Gasteiger partial charge in [0.25, 0.3) is 0 Å². The van der Waals surface area contributed by atoms with Crippen LogP contribution in [-0.2, 0) is 6.61 Å². The van der Waals surface area contributed by atoms with Crippen molar-refractivity contribution in [3.05, 3.63) is 88.6 Å². The zero-order valence-corrected chi connectivity index (χ0v) is 14.4. The smallest absolute Gasteiger partial charge is 0.235 e. The predicted molar refractivity (Wildman–Crippen MR) is 105 cm³/mol. The first kappa shape index (κ1) is 16.7. The first-order valence-corrected chi connectivity index (χ1v) is 8.44. The number of fused-ring (bicyclic) bond motifs is 1. The minimum Gasteiger partial charge on any atom is -0.508 e. The van der Waals surface area contributed by atoms with Gasteiger partial charge in [-0.25, -0.2) is 0 Å². The first-order valence-electron chi connectivity index (χ1n) is 8.44. The summed E-state index contributed by atoms with van der Waals surface area (Å²) in [5.41, 5.74) is 7.99. The molecule has 3 aromatic carbocycles. The number of nitrogens with two attached hydrogens (primary N) is 1. The largest absolute Gasteiger partial charge is 0.508 e. The molecule has 0 amide bonds. The Bertz CT molecular complexity index is 1150. The van der Waals surface area contributed by atoms with Gasteiger partial charge in [0, 0.05) is 11.3 Å². The van der Waals surface area contributed by atoms with Crippen LogP contribution < -0.4 is 15.9 Å². The Hall–Kier alpha value is -3.73. The first-order chi connectivity index (χ1) is 13.1. The van der Waals surface area contributed by atoms with Crippen molar-refractivity contribution in [2.24, 2.45) is 0 Å². The molecule has 5 heteroatoms. The van der Waals surface area contributed by atoms with E-state index in [0.29, 0.717) is 28.0 Å². The third-order valence-electron chi connectivity index (χ3n) is 4.23. The number of nitrogen functional groups attached to an aromatic ring is 1. The summed E-state index contributed by atoms with van der Waals surface area (Å²) in [6.45, 7) is 0.227. The lowest BCUT2D eigenvalue weighted by Gasteiger charge is -2.12. The van der Waals surface area contributed by atoms with E-state index in [1.807, 2.05) is 30.3 Å². The van der Waals surface area contributed by atoms with Crippen molar-refractivity contribution >= 4 is 16.7 Å². The number of rotatable bonds is 4. The lowest BCUT2D eigenvalue weighted by Crippen LogP contribution is -2.10. The van der Waals surface area contributed by atoms with Gasteiger partial charge in [-0.15, -0.1) is 0 Å². The standard InChI is InChI=1S/C22H17NO4/c23-16-8-11-19-18(12-16)20(25)22(26-13-14-4-2-1-3-5-14)21(27-19)15-6-9-17(24)10-7-15/h1-12,24H,13,23H2. The number of hydrogen-bond donors (Lipinski definition) is 2. The molecule has 1 aromatic heterocycles. The van der Waals surface area contributed by atoms with Crippen LogP contribution in [0.1, 0.15) is 5.56 Å². The van der Waals surface area contributed by atoms with Crippen LogP contribution in [0.5, 0.6) is 11.5 Å². The molecule has 0 saturated heterocycles. The van der Waals surface area contributed by atoms with E-state index in [1.54, 1.807) is 30.3 Å². The van der Waals surface area contributed by atoms with Gasteiger partial charge >= 0.3 is 0 Å². The monoisotopic (exact) mass is 359 g/mol. The van der Waals surface area contributed by atoms with Crippen LogP contribution in [0.4, 0.5) is 5.69 Å². The topological polar surface area (TPSA) is 85.7 Å². The number of aromatic hydroxyl groups is 1. The number of ether oxygens (including phenoxy) is 1. The Morgan fingerprint density at radius 1 is 0.963 bits per heavy atom. The second-order valence-electron chi connectivity index (χ2n) is 6.17. The number of benzene rings is 3. The molecule has 27 heavy (non-hydrogen) atoms. The number of phenols is 1. The molecule has 0 fully saturated rings. The van der Waals surface area contributed by atoms with E-state index in [9.17, 15) is 9.90 Å². The fraction of sp³-hybridized carbons (Fsp3) is 0.0455. The van der Waals surface area contributed by atoms with Gasteiger partial charge in [-0.3, -0.25) is 4.79 Å². The summed E-state index contributed by atoms with van der Waals surface area (Å²) in [7, 11) is 0. The molecule has 0 atom stereocenters. The molecule has 3 N–H and O–H groups in total. The maximum absolute atomic E-state index is 13.1. The normalized spacial score (nSPS) is 10.8. The van der Waals surface area contributed by atoms with Gasteiger partial charge in [-0.05, 0) is 48.0 Å². The maximum atomic E-state index is 13.1. The zero-order chi connectivity index (χ0) is 18.8. The molecule has 4 rings (SSSR count). The number of anilines is 1. The van der Waals surface area contributed by atoms with Crippen LogP contribution in [0.3, 0.4) is 0 Å². The summed E-state index contributed by atoms with van der Waals surface area (Å²) < 4.78 is 11.9. The van der Waals surface area contributed by atoms with Crippen molar-refractivity contribution in [2.75, 3.05) is 5.73 Å². The van der Waals surface area contributed by atoms with Crippen molar-refractivity contribution in [3.63, 3.8) is 0 Å². The molecule has 4 aromatic rings. The Balaban J connectivity index is 1.87. The van der Waals surface area contributed by atoms with Gasteiger partial charge in [0.15, 0.2) is 5.76 Å². The summed E-state index contributed by atoms with van der Waals surface area (Å²) in [4.78, 5) is 13.1. The molecule has 0 aliphatic heterocycles. The summed E-state index contributed by atoms with van der Waals surface area (Å²) >= 11 is 0. The molecule has 134 valence electrons. The van der Waals surface area contributed by atoms with Gasteiger partial charge in [0.2, 0.25) is 11.2 Å². The van der Waals surface area contributed by atoms with E-state index in [0.717, 1.165) is 5.56 Å². The van der Waals surface area contributed by atoms with Gasteiger partial charge in [0.05, 0.1) is 5.39 Å². The highest BCUT2D eigenvalue weighted by Crippen LogP contribution is 2.32. The summed E-state index contributed by atoms with van der Waals surface area (Å²) in [5, 5.41) is 9.91. The quantitative estimate of drug-likeness (QED) is 0.530. The van der Waals surface area contributed by atoms with Crippen LogP contribution in [0.15, 0.2) is 82.0 Å². The highest BCUT2D eigenvalue weighted by molar-refractivity contribution is 5.84. The molecule has 0 aliphatic carbocycles. The average molecular weight is 359 g/mol. The summed E-state index contributed by atoms with van der Waals surface area (Å²) in [6, 6.07) is 20.9. The van der Waals surface area contributed by atoms with Gasteiger partial charge in [0.1, 0.15) is 17.9 Å². The number of hydrogen-bond acceptors (Lipinski definition) is 5. The Labute approximate surface area is 155 Å². The molecule has 0 unspecified atom stereocenters. The van der Waals surface area contributed by atoms with Crippen LogP contribution in [0, 0.1) is 0 Å². The van der Waals surface area contributed by atoms with Crippen LogP contribution in [0.25, 0.3) is 22.3 Å². The third kappa shape index (κ3) is 3.35. The van der Waals surface area contributed by atoms with Gasteiger partial charge in [-0.2, -0.15) is 0 Å². The molecule has 0 radical (unpaired) electrons. The highest BCUT2D eigenvalue weighted by Gasteiger charge is 2.18. The summed E-state index contributed by atoms with van der Waals surface area (Å²) in [6.07, 6.45) is 0. The van der Waals surface area contributed by atoms with Crippen LogP contribution in [0.2, 0.25) is 0 Å². The van der Waals surface area contributed by atoms with E-state index >= 15 is 0 Å². The van der Waals surface area contributed by atoms with Crippen molar-refractivity contribution in [3.8, 4) is 22.8 Å². The molecule has 5 nitrogen and oxygen atoms in total. The predicted octanol–water partition coefficient (Wildman–Crippen LogP) is 4.33. The SMILES string of the molecule is Nc1ccc2oc(-c3ccc(O)cc3)c(OCc3ccccc3)c(=O)c2c1. The fourth-order valence-corrected chi connectivity index (χ4v) is 2.86. The highest BCUT2D eigenvalue weighted by atomic mass is 16.5. The fourth-order valence-electron chi connectivity index (χ4n) is 2.86. The van der Waals surface area contributed by atoms with Crippen molar-refractivity contribution < 1.29 is 14.3 Å². The third-order valence-corrected chi connectivity index (χ3v) is 4.23. The van der Waals surface area contributed by atoms with Crippen molar-refractivity contribution in [1.29, 1.82) is 0 Å². The van der Waals surface area contributed by atoms with Gasteiger partial charge in [-0.1, -0.05) is 30.3 Å². The average Bonchev–Trinajstić information content (AvgIpc) is 2.69. The molecule has 0 bridgehead atoms. The second kappa shape index (κ2) is 6.88. The van der Waals surface area contributed by atoms with E-state index in [4.69, 9.17) is 14.9 Å². The van der Waals surface area contributed by atoms with E-state index in [-0.39, 0.29) is 23.5 Å². The lowest BCUT2D eigenvalue weighted by molar-refractivity contribution is 0.298. The number of phenolic OH excluding ortho intramolecular Hbond substituents is 1. The van der Waals surface area contributed by atoms with Gasteiger partial charge < -0.3 is 20.0 Å². The molecular formula is C22H17NO4. The molecular weight excluding hydrogens is 342 g/mol. The van der Waals surface area contributed by atoms with Crippen LogP contribution >= 0.6 is 0 Å². The summed E-state index contributed by atoms with van der Waals surface area (Å²) in [5.74, 6) is 0.553. The minimum absolute atomic E-state index is 0.114. The Kier molecular flexibility index (Phi) is 4.26. The minimum atomic E-state index is -0.289. The molecule has 0 saturated carbocycles. The van der Waals surface area contributed by atoms with E-state index < -0.39 is 0 Å².